The number of nitrogens with zero attached hydrogens (tertiary/aromatic N) is 3. The monoisotopic (exact) mass is 245 g/mol. The Bertz CT molecular complexity index is 383. The summed E-state index contributed by atoms with van der Waals surface area (Å²) >= 11 is 8.90. The Hall–Kier alpha value is -0.520. The van der Waals surface area contributed by atoms with Crippen molar-refractivity contribution in [2.45, 2.75) is 10.6 Å². The molecular weight excluding hydrogens is 238 g/mol. The first-order valence-corrected chi connectivity index (χ1v) is 6.20. The number of thiazole rings is 1. The Morgan fingerprint density at radius 1 is 1.64 bits per heavy atom. The molecule has 0 aliphatic carbocycles. The molecule has 2 aromatic rings. The molecule has 14 heavy (non-hydrogen) atoms. The van der Waals surface area contributed by atoms with Crippen LogP contribution < -0.4 is 0 Å². The second kappa shape index (κ2) is 4.33. The SMILES string of the molecule is Cn1cc(SCc2csc(Cl)n2)cn1. The molecule has 0 aliphatic rings. The van der Waals surface area contributed by atoms with Crippen LogP contribution in [0.25, 0.3) is 0 Å². The molecule has 0 aromatic carbocycles. The molecule has 0 aliphatic heterocycles. The fourth-order valence-electron chi connectivity index (χ4n) is 0.979. The third kappa shape index (κ3) is 2.50. The summed E-state index contributed by atoms with van der Waals surface area (Å²) in [5.74, 6) is 0.842. The quantitative estimate of drug-likeness (QED) is 0.780. The molecule has 0 amide bonds. The molecule has 0 N–H and O–H groups in total. The minimum absolute atomic E-state index is 0.604. The van der Waals surface area contributed by atoms with Gasteiger partial charge in [-0.3, -0.25) is 4.68 Å². The summed E-state index contributed by atoms with van der Waals surface area (Å²) < 4.78 is 2.39. The van der Waals surface area contributed by atoms with Crippen molar-refractivity contribution in [3.8, 4) is 0 Å². The van der Waals surface area contributed by atoms with Crippen LogP contribution in [0.2, 0.25) is 4.47 Å². The summed E-state index contributed by atoms with van der Waals surface area (Å²) in [5.41, 5.74) is 1.02. The maximum atomic E-state index is 5.73. The van der Waals surface area contributed by atoms with Gasteiger partial charge in [-0.1, -0.05) is 11.6 Å². The van der Waals surface area contributed by atoms with Crippen LogP contribution in [0.5, 0.6) is 0 Å². The van der Waals surface area contributed by atoms with Gasteiger partial charge < -0.3 is 0 Å². The molecule has 3 nitrogen and oxygen atoms in total. The molecule has 0 radical (unpaired) electrons. The molecule has 0 unspecified atom stereocenters. The molecule has 0 spiro atoms. The zero-order valence-corrected chi connectivity index (χ0v) is 9.86. The van der Waals surface area contributed by atoms with Crippen LogP contribution in [0, 0.1) is 0 Å². The summed E-state index contributed by atoms with van der Waals surface area (Å²) in [6.07, 6.45) is 3.83. The van der Waals surface area contributed by atoms with E-state index < -0.39 is 0 Å². The molecule has 0 saturated heterocycles. The predicted molar refractivity (Wildman–Crippen MR) is 59.9 cm³/mol. The Balaban J connectivity index is 1.94. The van der Waals surface area contributed by atoms with E-state index in [2.05, 4.69) is 10.1 Å². The summed E-state index contributed by atoms with van der Waals surface area (Å²) in [4.78, 5) is 5.32. The maximum absolute atomic E-state index is 5.73. The summed E-state index contributed by atoms with van der Waals surface area (Å²) in [7, 11) is 1.91. The normalized spacial score (nSPS) is 10.7. The van der Waals surface area contributed by atoms with E-state index >= 15 is 0 Å². The Morgan fingerprint density at radius 3 is 3.07 bits per heavy atom. The van der Waals surface area contributed by atoms with Crippen LogP contribution in [0.1, 0.15) is 5.69 Å². The van der Waals surface area contributed by atoms with Crippen molar-refractivity contribution < 1.29 is 0 Å². The average molecular weight is 246 g/mol. The molecule has 0 saturated carbocycles. The number of thioether (sulfide) groups is 1. The molecule has 6 heteroatoms. The molecule has 2 heterocycles. The van der Waals surface area contributed by atoms with Gasteiger partial charge in [0.15, 0.2) is 4.47 Å². The molecule has 0 atom stereocenters. The molecule has 74 valence electrons. The van der Waals surface area contributed by atoms with Gasteiger partial charge in [-0.2, -0.15) is 5.10 Å². The van der Waals surface area contributed by atoms with E-state index in [1.54, 1.807) is 16.4 Å². The smallest absolute Gasteiger partial charge is 0.183 e. The van der Waals surface area contributed by atoms with Crippen molar-refractivity contribution in [1.29, 1.82) is 0 Å². The number of halogens is 1. The van der Waals surface area contributed by atoms with E-state index in [9.17, 15) is 0 Å². The van der Waals surface area contributed by atoms with Crippen molar-refractivity contribution in [3.63, 3.8) is 0 Å². The lowest BCUT2D eigenvalue weighted by Gasteiger charge is -1.92. The highest BCUT2D eigenvalue weighted by Crippen LogP contribution is 2.24. The second-order valence-corrected chi connectivity index (χ2v) is 5.22. The fraction of sp³-hybridized carbons (Fsp3) is 0.250. The number of rotatable bonds is 3. The zero-order chi connectivity index (χ0) is 9.97. The van der Waals surface area contributed by atoms with E-state index in [0.717, 1.165) is 16.3 Å². The molecular formula is C8H8ClN3S2. The van der Waals surface area contributed by atoms with Crippen molar-refractivity contribution >= 4 is 34.7 Å². The highest BCUT2D eigenvalue weighted by molar-refractivity contribution is 7.98. The van der Waals surface area contributed by atoms with Gasteiger partial charge in [-0.05, 0) is 0 Å². The highest BCUT2D eigenvalue weighted by Gasteiger charge is 2.01. The van der Waals surface area contributed by atoms with Crippen molar-refractivity contribution in [3.05, 3.63) is 27.9 Å². The van der Waals surface area contributed by atoms with E-state index in [-0.39, 0.29) is 0 Å². The van der Waals surface area contributed by atoms with Crippen molar-refractivity contribution in [1.82, 2.24) is 14.8 Å². The first-order valence-electron chi connectivity index (χ1n) is 3.95. The van der Waals surface area contributed by atoms with Crippen LogP contribution in [0.3, 0.4) is 0 Å². The molecule has 2 aromatic heterocycles. The Labute approximate surface area is 95.1 Å². The number of aromatic nitrogens is 3. The van der Waals surface area contributed by atoms with Crippen LogP contribution in [0.15, 0.2) is 22.7 Å². The zero-order valence-electron chi connectivity index (χ0n) is 7.48. The van der Waals surface area contributed by atoms with Crippen molar-refractivity contribution in [2.75, 3.05) is 0 Å². The summed E-state index contributed by atoms with van der Waals surface area (Å²) in [5, 5.41) is 6.06. The number of aryl methyl sites for hydroxylation is 1. The first-order chi connectivity index (χ1) is 6.74. The van der Waals surface area contributed by atoms with Gasteiger partial charge in [-0.15, -0.1) is 23.1 Å². The number of hydrogen-bond acceptors (Lipinski definition) is 4. The Morgan fingerprint density at radius 2 is 2.50 bits per heavy atom. The lowest BCUT2D eigenvalue weighted by atomic mass is 10.6. The van der Waals surface area contributed by atoms with E-state index in [0.29, 0.717) is 4.47 Å². The van der Waals surface area contributed by atoms with E-state index in [1.165, 1.54) is 11.3 Å². The maximum Gasteiger partial charge on any atom is 0.183 e. The third-order valence-electron chi connectivity index (χ3n) is 1.59. The largest absolute Gasteiger partial charge is 0.275 e. The van der Waals surface area contributed by atoms with Crippen LogP contribution >= 0.6 is 34.7 Å². The van der Waals surface area contributed by atoms with E-state index in [4.69, 9.17) is 11.6 Å². The van der Waals surface area contributed by atoms with Crippen LogP contribution in [0.4, 0.5) is 0 Å². The van der Waals surface area contributed by atoms with Gasteiger partial charge in [0, 0.05) is 29.3 Å². The molecule has 2 rings (SSSR count). The van der Waals surface area contributed by atoms with Gasteiger partial charge in [0.05, 0.1) is 11.9 Å². The summed E-state index contributed by atoms with van der Waals surface area (Å²) in [6.45, 7) is 0. The fourth-order valence-corrected chi connectivity index (χ4v) is 2.68. The minimum atomic E-state index is 0.604. The topological polar surface area (TPSA) is 30.7 Å². The lowest BCUT2D eigenvalue weighted by molar-refractivity contribution is 0.766. The van der Waals surface area contributed by atoms with Gasteiger partial charge >= 0.3 is 0 Å². The van der Waals surface area contributed by atoms with Gasteiger partial charge in [0.2, 0.25) is 0 Å². The third-order valence-corrected chi connectivity index (χ3v) is 3.60. The van der Waals surface area contributed by atoms with Gasteiger partial charge in [0.1, 0.15) is 0 Å². The van der Waals surface area contributed by atoms with Gasteiger partial charge in [0.25, 0.3) is 0 Å². The van der Waals surface area contributed by atoms with Gasteiger partial charge in [-0.25, -0.2) is 4.98 Å². The van der Waals surface area contributed by atoms with Crippen LogP contribution in [-0.4, -0.2) is 14.8 Å². The van der Waals surface area contributed by atoms with Crippen molar-refractivity contribution in [2.24, 2.45) is 7.05 Å². The van der Waals surface area contributed by atoms with E-state index in [1.807, 2.05) is 24.8 Å². The highest BCUT2D eigenvalue weighted by atomic mass is 35.5. The number of hydrogen-bond donors (Lipinski definition) is 0. The first kappa shape index (κ1) is 10.0. The lowest BCUT2D eigenvalue weighted by Crippen LogP contribution is -1.84. The average Bonchev–Trinajstić information content (AvgIpc) is 2.72. The Kier molecular flexibility index (Phi) is 3.10. The van der Waals surface area contributed by atoms with Crippen LogP contribution in [-0.2, 0) is 12.8 Å². The molecule has 0 fully saturated rings. The standard InChI is InChI=1S/C8H8ClN3S2/c1-12-3-7(2-10-12)13-4-6-5-14-8(9)11-6/h2-3,5H,4H2,1H3. The second-order valence-electron chi connectivity index (χ2n) is 2.73. The minimum Gasteiger partial charge on any atom is -0.275 e. The molecule has 0 bridgehead atoms. The predicted octanol–water partition coefficient (Wildman–Crippen LogP) is 2.82. The summed E-state index contributed by atoms with van der Waals surface area (Å²) in [6, 6.07) is 0.